The molecule has 0 heterocycles. The van der Waals surface area contributed by atoms with Crippen molar-refractivity contribution in [1.29, 1.82) is 0 Å². The first kappa shape index (κ1) is 23.0. The van der Waals surface area contributed by atoms with Gasteiger partial charge in [-0.15, -0.1) is 0 Å². The van der Waals surface area contributed by atoms with Crippen molar-refractivity contribution in [1.82, 2.24) is 5.32 Å². The van der Waals surface area contributed by atoms with E-state index in [1.54, 1.807) is 13.2 Å². The Labute approximate surface area is 177 Å². The number of hydrogen-bond acceptors (Lipinski definition) is 4. The number of amides is 1. The molecule has 0 saturated carbocycles. The monoisotopic (exact) mass is 411 g/mol. The minimum absolute atomic E-state index is 0.254. The summed E-state index contributed by atoms with van der Waals surface area (Å²) in [6, 6.07) is 13.4. The predicted octanol–water partition coefficient (Wildman–Crippen LogP) is 5.26. The van der Waals surface area contributed by atoms with Crippen LogP contribution in [0.2, 0.25) is 0 Å². The first-order chi connectivity index (χ1) is 14.1. The van der Waals surface area contributed by atoms with Gasteiger partial charge in [-0.25, -0.2) is 9.59 Å². The fourth-order valence-corrected chi connectivity index (χ4v) is 2.90. The molecule has 0 aliphatic carbocycles. The van der Waals surface area contributed by atoms with Crippen molar-refractivity contribution in [3.8, 4) is 16.9 Å². The van der Waals surface area contributed by atoms with E-state index >= 15 is 0 Å². The molecule has 2 aromatic rings. The minimum Gasteiger partial charge on any atom is -0.496 e. The van der Waals surface area contributed by atoms with Crippen LogP contribution in [0.25, 0.3) is 17.2 Å². The van der Waals surface area contributed by atoms with Gasteiger partial charge in [0.1, 0.15) is 11.4 Å². The van der Waals surface area contributed by atoms with Gasteiger partial charge in [0.2, 0.25) is 0 Å². The van der Waals surface area contributed by atoms with Crippen molar-refractivity contribution in [3.63, 3.8) is 0 Å². The topological polar surface area (TPSA) is 84.9 Å². The number of carbonyl (C=O) groups excluding carboxylic acids is 1. The largest absolute Gasteiger partial charge is 0.496 e. The number of benzene rings is 2. The standard InChI is InChI=1S/C24H29NO5/c1-6-17(22(26)27)12-16-8-7-9-18(13-16)19-10-11-21(29-5)20(14-19)15-25-23(28)30-24(2,3)4/h7-14H,6,15H2,1-5H3,(H,25,28)(H,26,27)/b17-12+. The Balaban J connectivity index is 2.29. The summed E-state index contributed by atoms with van der Waals surface area (Å²) in [5.41, 5.74) is 3.27. The van der Waals surface area contributed by atoms with Crippen molar-refractivity contribution < 1.29 is 24.2 Å². The van der Waals surface area contributed by atoms with Gasteiger partial charge in [0.05, 0.1) is 7.11 Å². The molecule has 0 aliphatic heterocycles. The lowest BCUT2D eigenvalue weighted by atomic mass is 9.99. The van der Waals surface area contributed by atoms with Gasteiger partial charge >= 0.3 is 12.1 Å². The van der Waals surface area contributed by atoms with E-state index in [0.29, 0.717) is 17.7 Å². The second-order valence-corrected chi connectivity index (χ2v) is 7.84. The molecule has 160 valence electrons. The molecular formula is C24H29NO5. The van der Waals surface area contributed by atoms with E-state index in [-0.39, 0.29) is 6.54 Å². The van der Waals surface area contributed by atoms with Crippen molar-refractivity contribution in [2.75, 3.05) is 7.11 Å². The molecule has 0 fully saturated rings. The van der Waals surface area contributed by atoms with Crippen molar-refractivity contribution in [3.05, 3.63) is 59.2 Å². The van der Waals surface area contributed by atoms with Crippen LogP contribution in [-0.2, 0) is 16.1 Å². The molecule has 0 aliphatic rings. The fourth-order valence-electron chi connectivity index (χ4n) is 2.90. The van der Waals surface area contributed by atoms with Gasteiger partial charge in [-0.1, -0.05) is 31.2 Å². The molecule has 30 heavy (non-hydrogen) atoms. The van der Waals surface area contributed by atoms with Crippen LogP contribution in [0.3, 0.4) is 0 Å². The third-order valence-corrected chi connectivity index (χ3v) is 4.32. The highest BCUT2D eigenvalue weighted by molar-refractivity contribution is 5.92. The number of rotatable bonds is 7. The lowest BCUT2D eigenvalue weighted by molar-refractivity contribution is -0.132. The number of nitrogens with one attached hydrogen (secondary N) is 1. The molecule has 2 aromatic carbocycles. The van der Waals surface area contributed by atoms with Crippen LogP contribution in [0, 0.1) is 0 Å². The summed E-state index contributed by atoms with van der Waals surface area (Å²) in [6.45, 7) is 7.50. The second kappa shape index (κ2) is 9.96. The SMILES string of the molecule is CC/C(=C\c1cccc(-c2ccc(OC)c(CNC(=O)OC(C)(C)C)c2)c1)C(=O)O. The van der Waals surface area contributed by atoms with Gasteiger partial charge in [-0.3, -0.25) is 0 Å². The van der Waals surface area contributed by atoms with Gasteiger partial charge in [0, 0.05) is 17.7 Å². The van der Waals surface area contributed by atoms with Crippen LogP contribution in [0.1, 0.15) is 45.2 Å². The predicted molar refractivity (Wildman–Crippen MR) is 117 cm³/mol. The van der Waals surface area contributed by atoms with Crippen LogP contribution in [0.5, 0.6) is 5.75 Å². The zero-order valence-electron chi connectivity index (χ0n) is 18.1. The zero-order chi connectivity index (χ0) is 22.3. The first-order valence-electron chi connectivity index (χ1n) is 9.81. The summed E-state index contributed by atoms with van der Waals surface area (Å²) in [5.74, 6) is -0.257. The fraction of sp³-hybridized carbons (Fsp3) is 0.333. The normalized spacial score (nSPS) is 11.7. The summed E-state index contributed by atoms with van der Waals surface area (Å²) in [6.07, 6.45) is 1.63. The van der Waals surface area contributed by atoms with Gasteiger partial charge in [-0.05, 0) is 68.2 Å². The molecule has 0 bridgehead atoms. The zero-order valence-corrected chi connectivity index (χ0v) is 18.1. The van der Waals surface area contributed by atoms with E-state index in [1.165, 1.54) is 0 Å². The van der Waals surface area contributed by atoms with Crippen LogP contribution in [0.4, 0.5) is 4.79 Å². The maximum absolute atomic E-state index is 12.0. The van der Waals surface area contributed by atoms with Crippen molar-refractivity contribution in [2.24, 2.45) is 0 Å². The summed E-state index contributed by atoms with van der Waals surface area (Å²) in [7, 11) is 1.58. The maximum Gasteiger partial charge on any atom is 0.407 e. The molecule has 0 atom stereocenters. The Morgan fingerprint density at radius 2 is 1.80 bits per heavy atom. The number of carboxylic acid groups (broad SMARTS) is 1. The molecule has 2 N–H and O–H groups in total. The number of hydrogen-bond donors (Lipinski definition) is 2. The third-order valence-electron chi connectivity index (χ3n) is 4.32. The molecule has 6 nitrogen and oxygen atoms in total. The number of methoxy groups -OCH3 is 1. The van der Waals surface area contributed by atoms with Gasteiger partial charge in [0.25, 0.3) is 0 Å². The highest BCUT2D eigenvalue weighted by Crippen LogP contribution is 2.28. The van der Waals surface area contributed by atoms with Gasteiger partial charge < -0.3 is 19.9 Å². The molecule has 0 aromatic heterocycles. The number of carboxylic acids is 1. The average Bonchev–Trinajstić information content (AvgIpc) is 2.69. The highest BCUT2D eigenvalue weighted by Gasteiger charge is 2.16. The molecule has 6 heteroatoms. The lowest BCUT2D eigenvalue weighted by Crippen LogP contribution is -2.32. The number of ether oxygens (including phenoxy) is 2. The summed E-state index contributed by atoms with van der Waals surface area (Å²) in [5, 5.41) is 12.0. The maximum atomic E-state index is 12.0. The molecule has 0 saturated heterocycles. The van der Waals surface area contributed by atoms with Gasteiger partial charge in [0.15, 0.2) is 0 Å². The molecule has 0 unspecified atom stereocenters. The van der Waals surface area contributed by atoms with Gasteiger partial charge in [-0.2, -0.15) is 0 Å². The Bertz CT molecular complexity index is 941. The summed E-state index contributed by atoms with van der Waals surface area (Å²) in [4.78, 5) is 23.3. The number of carbonyl (C=O) groups is 2. The molecule has 0 radical (unpaired) electrons. The third kappa shape index (κ3) is 6.65. The van der Waals surface area contributed by atoms with E-state index in [9.17, 15) is 14.7 Å². The Kier molecular flexibility index (Phi) is 7.64. The van der Waals surface area contributed by atoms with Crippen LogP contribution < -0.4 is 10.1 Å². The van der Waals surface area contributed by atoms with E-state index in [0.717, 1.165) is 22.3 Å². The van der Waals surface area contributed by atoms with E-state index < -0.39 is 17.7 Å². The lowest BCUT2D eigenvalue weighted by Gasteiger charge is -2.20. The van der Waals surface area contributed by atoms with E-state index in [1.807, 2.05) is 70.2 Å². The molecule has 0 spiro atoms. The summed E-state index contributed by atoms with van der Waals surface area (Å²) >= 11 is 0. The Morgan fingerprint density at radius 1 is 1.10 bits per heavy atom. The van der Waals surface area contributed by atoms with Crippen LogP contribution in [-0.4, -0.2) is 29.9 Å². The second-order valence-electron chi connectivity index (χ2n) is 7.84. The van der Waals surface area contributed by atoms with Crippen molar-refractivity contribution in [2.45, 2.75) is 46.3 Å². The Morgan fingerprint density at radius 3 is 2.40 bits per heavy atom. The van der Waals surface area contributed by atoms with Crippen molar-refractivity contribution >= 4 is 18.1 Å². The van der Waals surface area contributed by atoms with Crippen LogP contribution in [0.15, 0.2) is 48.0 Å². The minimum atomic E-state index is -0.914. The smallest absolute Gasteiger partial charge is 0.407 e. The van der Waals surface area contributed by atoms with E-state index in [2.05, 4.69) is 5.32 Å². The highest BCUT2D eigenvalue weighted by atomic mass is 16.6. The number of aliphatic carboxylic acids is 1. The molecule has 1 amide bonds. The Hall–Kier alpha value is -3.28. The quantitative estimate of drug-likeness (QED) is 0.607. The van der Waals surface area contributed by atoms with Crippen LogP contribution >= 0.6 is 0 Å². The first-order valence-corrected chi connectivity index (χ1v) is 9.81. The number of alkyl carbamates (subject to hydrolysis) is 1. The van der Waals surface area contributed by atoms with E-state index in [4.69, 9.17) is 9.47 Å². The summed E-state index contributed by atoms with van der Waals surface area (Å²) < 4.78 is 10.7. The average molecular weight is 411 g/mol. The molecular weight excluding hydrogens is 382 g/mol. The molecule has 2 rings (SSSR count).